The number of para-hydroxylation sites is 1. The fourth-order valence-electron chi connectivity index (χ4n) is 3.37. The number of nitrogens with zero attached hydrogens (tertiary/aromatic N) is 4. The Kier molecular flexibility index (Phi) is 5.33. The van der Waals surface area contributed by atoms with E-state index in [9.17, 15) is 14.3 Å². The van der Waals surface area contributed by atoms with Crippen LogP contribution >= 0.6 is 0 Å². The summed E-state index contributed by atoms with van der Waals surface area (Å²) in [6.45, 7) is 3.79. The minimum Gasteiger partial charge on any atom is -0.488 e. The molecule has 0 aliphatic heterocycles. The summed E-state index contributed by atoms with van der Waals surface area (Å²) in [6, 6.07) is 11.9. The first kappa shape index (κ1) is 19.8. The molecule has 154 valence electrons. The van der Waals surface area contributed by atoms with Gasteiger partial charge >= 0.3 is 0 Å². The molecule has 0 radical (unpaired) electrons. The molecule has 7 nitrogen and oxygen atoms in total. The second-order valence-electron chi connectivity index (χ2n) is 7.24. The third-order valence-electron chi connectivity index (χ3n) is 4.68. The maximum atomic E-state index is 13.6. The predicted molar refractivity (Wildman–Crippen MR) is 111 cm³/mol. The lowest BCUT2D eigenvalue weighted by Gasteiger charge is -2.14. The first-order valence-corrected chi connectivity index (χ1v) is 9.49. The molecule has 4 rings (SSSR count). The Morgan fingerprint density at radius 2 is 1.90 bits per heavy atom. The van der Waals surface area contributed by atoms with Crippen molar-refractivity contribution >= 4 is 11.0 Å². The van der Waals surface area contributed by atoms with Crippen molar-refractivity contribution in [2.75, 3.05) is 6.61 Å². The van der Waals surface area contributed by atoms with E-state index in [0.29, 0.717) is 11.0 Å². The van der Waals surface area contributed by atoms with Crippen LogP contribution in [0.1, 0.15) is 11.1 Å². The van der Waals surface area contributed by atoms with Crippen LogP contribution in [0, 0.1) is 19.7 Å². The van der Waals surface area contributed by atoms with E-state index in [4.69, 9.17) is 4.74 Å². The first-order chi connectivity index (χ1) is 14.4. The molecule has 0 saturated heterocycles. The average molecular weight is 408 g/mol. The molecule has 0 aliphatic carbocycles. The van der Waals surface area contributed by atoms with Gasteiger partial charge in [0.15, 0.2) is 17.2 Å². The fourth-order valence-corrected chi connectivity index (χ4v) is 3.37. The van der Waals surface area contributed by atoms with Crippen LogP contribution in [0.5, 0.6) is 5.75 Å². The Morgan fingerprint density at radius 1 is 1.17 bits per heavy atom. The molecule has 30 heavy (non-hydrogen) atoms. The van der Waals surface area contributed by atoms with E-state index < -0.39 is 11.9 Å². The Bertz CT molecular complexity index is 1240. The van der Waals surface area contributed by atoms with Gasteiger partial charge in [-0.1, -0.05) is 18.2 Å². The molecule has 2 aromatic heterocycles. The lowest BCUT2D eigenvalue weighted by atomic mass is 10.1. The van der Waals surface area contributed by atoms with Gasteiger partial charge in [0.25, 0.3) is 5.56 Å². The highest BCUT2D eigenvalue weighted by atomic mass is 19.1. The van der Waals surface area contributed by atoms with E-state index in [0.717, 1.165) is 16.8 Å². The van der Waals surface area contributed by atoms with Gasteiger partial charge in [-0.25, -0.2) is 14.1 Å². The molecule has 1 atom stereocenters. The highest BCUT2D eigenvalue weighted by molar-refractivity contribution is 5.75. The molecule has 4 aromatic rings. The Morgan fingerprint density at radius 3 is 2.63 bits per heavy atom. The van der Waals surface area contributed by atoms with E-state index in [1.165, 1.54) is 29.2 Å². The summed E-state index contributed by atoms with van der Waals surface area (Å²) in [5.74, 6) is -0.462. The topological polar surface area (TPSA) is 82.2 Å². The monoisotopic (exact) mass is 408 g/mol. The summed E-state index contributed by atoms with van der Waals surface area (Å²) in [5.41, 5.74) is 3.12. The van der Waals surface area contributed by atoms with Crippen molar-refractivity contribution in [1.29, 1.82) is 0 Å². The third-order valence-corrected chi connectivity index (χ3v) is 4.68. The summed E-state index contributed by atoms with van der Waals surface area (Å²) in [6.07, 6.45) is 1.83. The van der Waals surface area contributed by atoms with Gasteiger partial charge in [0, 0.05) is 0 Å². The van der Waals surface area contributed by atoms with E-state index in [-0.39, 0.29) is 24.5 Å². The number of aryl methyl sites for hydroxylation is 2. The van der Waals surface area contributed by atoms with Crippen LogP contribution in [0.15, 0.2) is 59.8 Å². The molecule has 0 spiro atoms. The quantitative estimate of drug-likeness (QED) is 0.531. The van der Waals surface area contributed by atoms with E-state index in [1.807, 2.05) is 26.0 Å². The normalized spacial score (nSPS) is 12.3. The number of rotatable bonds is 6. The van der Waals surface area contributed by atoms with Gasteiger partial charge in [-0.3, -0.25) is 9.36 Å². The Labute approximate surface area is 172 Å². The number of aromatic nitrogens is 4. The number of benzene rings is 2. The molecular weight excluding hydrogens is 387 g/mol. The number of hydrogen-bond donors (Lipinski definition) is 1. The minimum atomic E-state index is -1.02. The maximum absolute atomic E-state index is 13.6. The maximum Gasteiger partial charge on any atom is 0.264 e. The molecular formula is C22H21FN4O3. The van der Waals surface area contributed by atoms with Crippen molar-refractivity contribution in [1.82, 2.24) is 19.3 Å². The van der Waals surface area contributed by atoms with Crippen LogP contribution in [0.2, 0.25) is 0 Å². The lowest BCUT2D eigenvalue weighted by Crippen LogP contribution is -2.30. The largest absolute Gasteiger partial charge is 0.488 e. The summed E-state index contributed by atoms with van der Waals surface area (Å²) in [7, 11) is 0. The van der Waals surface area contributed by atoms with Crippen LogP contribution in [0.3, 0.4) is 0 Å². The van der Waals surface area contributed by atoms with Gasteiger partial charge in [0.1, 0.15) is 24.4 Å². The zero-order valence-corrected chi connectivity index (χ0v) is 16.6. The lowest BCUT2D eigenvalue weighted by molar-refractivity contribution is 0.0895. The van der Waals surface area contributed by atoms with Gasteiger partial charge in [-0.15, -0.1) is 0 Å². The molecule has 0 bridgehead atoms. The van der Waals surface area contributed by atoms with Gasteiger partial charge in [-0.2, -0.15) is 5.10 Å². The molecule has 0 aliphatic rings. The SMILES string of the molecule is Cc1cc(C)cc(-n2ncc3c(=O)n(CC(O)COc4ccccc4F)cnc32)c1. The molecule has 1 unspecified atom stereocenters. The number of ether oxygens (including phenoxy) is 1. The highest BCUT2D eigenvalue weighted by Gasteiger charge is 2.15. The second kappa shape index (κ2) is 8.08. The molecule has 2 aromatic carbocycles. The van der Waals surface area contributed by atoms with Gasteiger partial charge in [0.05, 0.1) is 18.4 Å². The highest BCUT2D eigenvalue weighted by Crippen LogP contribution is 2.18. The Hall–Kier alpha value is -3.52. The number of fused-ring (bicyclic) bond motifs is 1. The summed E-state index contributed by atoms with van der Waals surface area (Å²) in [4.78, 5) is 17.2. The second-order valence-corrected chi connectivity index (χ2v) is 7.24. The van der Waals surface area contributed by atoms with Crippen molar-refractivity contribution in [2.24, 2.45) is 0 Å². The molecule has 0 amide bonds. The van der Waals surface area contributed by atoms with Crippen molar-refractivity contribution in [2.45, 2.75) is 26.5 Å². The minimum absolute atomic E-state index is 0.0367. The van der Waals surface area contributed by atoms with Crippen molar-refractivity contribution in [3.8, 4) is 11.4 Å². The fraction of sp³-hybridized carbons (Fsp3) is 0.227. The van der Waals surface area contributed by atoms with Gasteiger partial charge < -0.3 is 9.84 Å². The summed E-state index contributed by atoms with van der Waals surface area (Å²) >= 11 is 0. The molecule has 1 N–H and O–H groups in total. The molecule has 0 fully saturated rings. The van der Waals surface area contributed by atoms with E-state index >= 15 is 0 Å². The zero-order valence-electron chi connectivity index (χ0n) is 16.6. The van der Waals surface area contributed by atoms with Crippen LogP contribution in [0.25, 0.3) is 16.7 Å². The van der Waals surface area contributed by atoms with Crippen molar-refractivity contribution in [3.05, 3.63) is 82.3 Å². The molecule has 8 heteroatoms. The zero-order chi connectivity index (χ0) is 21.3. The standard InChI is InChI=1S/C22H21FN4O3/c1-14-7-15(2)9-16(8-14)27-21-18(10-25-27)22(29)26(13-24-21)11-17(28)12-30-20-6-4-3-5-19(20)23/h3-10,13,17,28H,11-12H2,1-2H3. The van der Waals surface area contributed by atoms with E-state index in [2.05, 4.69) is 16.1 Å². The number of halogens is 1. The third kappa shape index (κ3) is 3.95. The number of aliphatic hydroxyl groups is 1. The van der Waals surface area contributed by atoms with Gasteiger partial charge in [0.2, 0.25) is 0 Å². The first-order valence-electron chi connectivity index (χ1n) is 9.49. The van der Waals surface area contributed by atoms with Crippen LogP contribution in [-0.2, 0) is 6.54 Å². The van der Waals surface area contributed by atoms with Gasteiger partial charge in [-0.05, 0) is 49.2 Å². The van der Waals surface area contributed by atoms with Crippen molar-refractivity contribution < 1.29 is 14.2 Å². The smallest absolute Gasteiger partial charge is 0.264 e. The molecule has 0 saturated carbocycles. The summed E-state index contributed by atoms with van der Waals surface area (Å²) < 4.78 is 21.8. The van der Waals surface area contributed by atoms with Crippen LogP contribution in [-0.4, -0.2) is 37.1 Å². The number of aliphatic hydroxyl groups excluding tert-OH is 1. The van der Waals surface area contributed by atoms with Crippen LogP contribution < -0.4 is 10.3 Å². The van der Waals surface area contributed by atoms with Crippen LogP contribution in [0.4, 0.5) is 4.39 Å². The summed E-state index contributed by atoms with van der Waals surface area (Å²) in [5, 5.41) is 14.9. The van der Waals surface area contributed by atoms with Crippen molar-refractivity contribution in [3.63, 3.8) is 0 Å². The van der Waals surface area contributed by atoms with E-state index in [1.54, 1.807) is 16.8 Å². The predicted octanol–water partition coefficient (Wildman–Crippen LogP) is 2.78. The Balaban J connectivity index is 1.55. The number of hydrogen-bond acceptors (Lipinski definition) is 5. The molecule has 2 heterocycles. The average Bonchev–Trinajstić information content (AvgIpc) is 3.14.